The van der Waals surface area contributed by atoms with Crippen molar-refractivity contribution in [3.63, 3.8) is 0 Å². The maximum absolute atomic E-state index is 11.6. The number of amides is 1. The Labute approximate surface area is 126 Å². The van der Waals surface area contributed by atoms with Gasteiger partial charge in [0.1, 0.15) is 6.04 Å². The van der Waals surface area contributed by atoms with E-state index in [9.17, 15) is 9.59 Å². The summed E-state index contributed by atoms with van der Waals surface area (Å²) in [6.45, 7) is 7.74. The Morgan fingerprint density at radius 1 is 1.14 bits per heavy atom. The van der Waals surface area contributed by atoms with E-state index in [4.69, 9.17) is 4.74 Å². The zero-order valence-corrected chi connectivity index (χ0v) is 13.1. The van der Waals surface area contributed by atoms with Crippen LogP contribution in [0.5, 0.6) is 0 Å². The number of rotatable bonds is 7. The van der Waals surface area contributed by atoms with Crippen LogP contribution >= 0.6 is 0 Å². The number of benzene rings is 1. The van der Waals surface area contributed by atoms with Crippen LogP contribution in [0, 0.1) is 0 Å². The first-order valence-electron chi connectivity index (χ1n) is 7.30. The summed E-state index contributed by atoms with van der Waals surface area (Å²) in [7, 11) is 0. The van der Waals surface area contributed by atoms with Crippen molar-refractivity contribution < 1.29 is 14.3 Å². The Hall–Kier alpha value is -1.88. The molecule has 21 heavy (non-hydrogen) atoms. The highest BCUT2D eigenvalue weighted by Crippen LogP contribution is 2.17. The third-order valence-electron chi connectivity index (χ3n) is 3.16. The van der Waals surface area contributed by atoms with E-state index in [-0.39, 0.29) is 24.0 Å². The third kappa shape index (κ3) is 5.55. The molecule has 2 N–H and O–H groups in total. The fraction of sp³-hybridized carbons (Fsp3) is 0.500. The molecular formula is C16H24N2O3. The van der Waals surface area contributed by atoms with Gasteiger partial charge in [0.2, 0.25) is 5.91 Å². The normalized spacial score (nSPS) is 13.3. The van der Waals surface area contributed by atoms with Crippen molar-refractivity contribution in [2.45, 2.75) is 46.2 Å². The summed E-state index contributed by atoms with van der Waals surface area (Å²) >= 11 is 0. The Morgan fingerprint density at radius 2 is 1.76 bits per heavy atom. The van der Waals surface area contributed by atoms with E-state index in [1.54, 1.807) is 13.8 Å². The smallest absolute Gasteiger partial charge is 0.322 e. The van der Waals surface area contributed by atoms with Gasteiger partial charge in [-0.3, -0.25) is 14.9 Å². The largest absolute Gasteiger partial charge is 0.465 e. The minimum atomic E-state index is -0.362. The Bertz CT molecular complexity index is 471. The fourth-order valence-corrected chi connectivity index (χ4v) is 1.91. The van der Waals surface area contributed by atoms with Crippen molar-refractivity contribution >= 4 is 17.6 Å². The summed E-state index contributed by atoms with van der Waals surface area (Å²) in [5, 5.41) is 5.99. The van der Waals surface area contributed by atoms with Gasteiger partial charge in [0.15, 0.2) is 0 Å². The van der Waals surface area contributed by atoms with Gasteiger partial charge in [-0.05, 0) is 38.5 Å². The van der Waals surface area contributed by atoms with Gasteiger partial charge in [-0.15, -0.1) is 0 Å². The van der Waals surface area contributed by atoms with Gasteiger partial charge in [-0.1, -0.05) is 19.1 Å². The molecule has 0 saturated heterocycles. The standard InChI is InChI=1S/C16H24N2O3/c1-5-15(19)18-14-9-7-13(8-10-14)11(3)17-12(4)16(20)21-6-2/h7-12,17H,5-6H2,1-4H3,(H,18,19)/t11-,12+/m1/s1. The third-order valence-corrected chi connectivity index (χ3v) is 3.16. The van der Waals surface area contributed by atoms with E-state index >= 15 is 0 Å². The highest BCUT2D eigenvalue weighted by atomic mass is 16.5. The number of hydrogen-bond acceptors (Lipinski definition) is 4. The van der Waals surface area contributed by atoms with Crippen molar-refractivity contribution in [1.29, 1.82) is 0 Å². The second-order valence-corrected chi connectivity index (χ2v) is 4.89. The molecule has 0 radical (unpaired) electrons. The molecule has 1 aromatic carbocycles. The average molecular weight is 292 g/mol. The highest BCUT2D eigenvalue weighted by molar-refractivity contribution is 5.90. The summed E-state index contributed by atoms with van der Waals surface area (Å²) in [5.74, 6) is -0.263. The second kappa shape index (κ2) is 8.42. The van der Waals surface area contributed by atoms with Gasteiger partial charge in [0.05, 0.1) is 6.61 Å². The van der Waals surface area contributed by atoms with E-state index < -0.39 is 0 Å². The van der Waals surface area contributed by atoms with Gasteiger partial charge in [0.25, 0.3) is 0 Å². The summed E-state index contributed by atoms with van der Waals surface area (Å²) in [5.41, 5.74) is 1.82. The molecule has 0 fully saturated rings. The molecule has 0 bridgehead atoms. The fourth-order valence-electron chi connectivity index (χ4n) is 1.91. The van der Waals surface area contributed by atoms with Crippen LogP contribution < -0.4 is 10.6 Å². The van der Waals surface area contributed by atoms with Crippen molar-refractivity contribution in [3.8, 4) is 0 Å². The van der Waals surface area contributed by atoms with Gasteiger partial charge in [-0.25, -0.2) is 0 Å². The Balaban J connectivity index is 2.60. The predicted octanol–water partition coefficient (Wildman–Crippen LogP) is 2.64. The van der Waals surface area contributed by atoms with Crippen LogP contribution in [-0.4, -0.2) is 24.5 Å². The number of ether oxygens (including phenoxy) is 1. The summed E-state index contributed by atoms with van der Waals surface area (Å²) in [6.07, 6.45) is 0.455. The summed E-state index contributed by atoms with van der Waals surface area (Å²) < 4.78 is 4.97. The van der Waals surface area contributed by atoms with E-state index in [0.717, 1.165) is 11.3 Å². The molecule has 5 nitrogen and oxygen atoms in total. The number of esters is 1. The monoisotopic (exact) mass is 292 g/mol. The first-order valence-corrected chi connectivity index (χ1v) is 7.30. The first-order chi connectivity index (χ1) is 9.97. The molecule has 2 atom stereocenters. The number of carbonyl (C=O) groups is 2. The zero-order valence-electron chi connectivity index (χ0n) is 13.1. The van der Waals surface area contributed by atoms with Crippen molar-refractivity contribution in [3.05, 3.63) is 29.8 Å². The van der Waals surface area contributed by atoms with Crippen molar-refractivity contribution in [1.82, 2.24) is 5.32 Å². The van der Waals surface area contributed by atoms with Crippen LogP contribution in [0.15, 0.2) is 24.3 Å². The molecule has 0 aliphatic carbocycles. The number of hydrogen-bond donors (Lipinski definition) is 2. The van der Waals surface area contributed by atoms with Gasteiger partial charge in [0, 0.05) is 18.2 Å². The highest BCUT2D eigenvalue weighted by Gasteiger charge is 2.17. The molecular weight excluding hydrogens is 268 g/mol. The number of carbonyl (C=O) groups excluding carboxylic acids is 2. The molecule has 1 rings (SSSR count). The molecule has 1 amide bonds. The molecule has 0 unspecified atom stereocenters. The lowest BCUT2D eigenvalue weighted by Crippen LogP contribution is -2.37. The van der Waals surface area contributed by atoms with E-state index in [1.807, 2.05) is 38.1 Å². The Kier molecular flexibility index (Phi) is 6.88. The van der Waals surface area contributed by atoms with Crippen LogP contribution in [0.1, 0.15) is 45.7 Å². The van der Waals surface area contributed by atoms with E-state index in [2.05, 4.69) is 10.6 Å². The van der Waals surface area contributed by atoms with Crippen LogP contribution in [0.2, 0.25) is 0 Å². The molecule has 0 saturated carbocycles. The van der Waals surface area contributed by atoms with Crippen LogP contribution in [-0.2, 0) is 14.3 Å². The summed E-state index contributed by atoms with van der Waals surface area (Å²) in [4.78, 5) is 22.9. The van der Waals surface area contributed by atoms with Crippen LogP contribution in [0.4, 0.5) is 5.69 Å². The lowest BCUT2D eigenvalue weighted by atomic mass is 10.1. The molecule has 1 aromatic rings. The van der Waals surface area contributed by atoms with Crippen molar-refractivity contribution in [2.24, 2.45) is 0 Å². The number of nitrogens with one attached hydrogen (secondary N) is 2. The minimum absolute atomic E-state index is 0.00939. The van der Waals surface area contributed by atoms with E-state index in [1.165, 1.54) is 0 Å². The summed E-state index contributed by atoms with van der Waals surface area (Å²) in [6, 6.07) is 7.23. The van der Waals surface area contributed by atoms with Gasteiger partial charge in [-0.2, -0.15) is 0 Å². The quantitative estimate of drug-likeness (QED) is 0.758. The average Bonchev–Trinajstić information content (AvgIpc) is 2.47. The Morgan fingerprint density at radius 3 is 2.29 bits per heavy atom. The minimum Gasteiger partial charge on any atom is -0.465 e. The molecule has 0 aliphatic heterocycles. The second-order valence-electron chi connectivity index (χ2n) is 4.89. The molecule has 0 spiro atoms. The van der Waals surface area contributed by atoms with Gasteiger partial charge < -0.3 is 10.1 Å². The lowest BCUT2D eigenvalue weighted by Gasteiger charge is -2.19. The topological polar surface area (TPSA) is 67.4 Å². The van der Waals surface area contributed by atoms with Gasteiger partial charge >= 0.3 is 5.97 Å². The van der Waals surface area contributed by atoms with Crippen LogP contribution in [0.3, 0.4) is 0 Å². The SMILES string of the molecule is CCOC(=O)[C@H](C)N[C@H](C)c1ccc(NC(=O)CC)cc1. The molecule has 0 heterocycles. The maximum Gasteiger partial charge on any atom is 0.322 e. The predicted molar refractivity (Wildman–Crippen MR) is 83.0 cm³/mol. The molecule has 0 aliphatic rings. The first kappa shape index (κ1) is 17.2. The molecule has 116 valence electrons. The lowest BCUT2D eigenvalue weighted by molar-refractivity contribution is -0.145. The number of anilines is 1. The van der Waals surface area contributed by atoms with E-state index in [0.29, 0.717) is 13.0 Å². The maximum atomic E-state index is 11.6. The zero-order chi connectivity index (χ0) is 15.8. The van der Waals surface area contributed by atoms with Crippen molar-refractivity contribution in [2.75, 3.05) is 11.9 Å². The van der Waals surface area contributed by atoms with Crippen LogP contribution in [0.25, 0.3) is 0 Å². The molecule has 0 aromatic heterocycles. The molecule has 5 heteroatoms.